The lowest BCUT2D eigenvalue weighted by Gasteiger charge is -2.23. The number of aromatic nitrogens is 1. The summed E-state index contributed by atoms with van der Waals surface area (Å²) < 4.78 is 13.6. The Morgan fingerprint density at radius 2 is 1.81 bits per heavy atom. The molecular formula is C19H17Cl2FN4O. The molecule has 0 radical (unpaired) electrons. The largest absolute Gasteiger partial charge is 0.364 e. The molecule has 1 amide bonds. The maximum absolute atomic E-state index is 13.6. The van der Waals surface area contributed by atoms with Crippen LogP contribution in [0, 0.1) is 5.82 Å². The van der Waals surface area contributed by atoms with Crippen molar-refractivity contribution in [3.05, 3.63) is 63.5 Å². The van der Waals surface area contributed by atoms with Gasteiger partial charge in [-0.3, -0.25) is 4.79 Å². The normalized spacial score (nSPS) is 11.6. The van der Waals surface area contributed by atoms with Crippen LogP contribution in [-0.2, 0) is 5.54 Å². The van der Waals surface area contributed by atoms with Crippen LogP contribution in [0.25, 0.3) is 10.9 Å². The minimum atomic E-state index is -0.727. The van der Waals surface area contributed by atoms with E-state index in [0.29, 0.717) is 37.9 Å². The lowest BCUT2D eigenvalue weighted by Crippen LogP contribution is -2.29. The first kappa shape index (κ1) is 19.4. The summed E-state index contributed by atoms with van der Waals surface area (Å²) >= 11 is 12.6. The molecule has 0 saturated heterocycles. The Kier molecular flexibility index (Phi) is 4.99. The van der Waals surface area contributed by atoms with Gasteiger partial charge in [0.2, 0.25) is 0 Å². The number of hydrogen-bond acceptors (Lipinski definition) is 4. The van der Waals surface area contributed by atoms with Crippen molar-refractivity contribution < 1.29 is 9.18 Å². The van der Waals surface area contributed by atoms with E-state index >= 15 is 0 Å². The molecule has 3 rings (SSSR count). The average Bonchev–Trinajstić information content (AvgIpc) is 2.55. The van der Waals surface area contributed by atoms with Crippen LogP contribution in [0.5, 0.6) is 0 Å². The number of anilines is 2. The van der Waals surface area contributed by atoms with E-state index in [1.165, 1.54) is 18.2 Å². The predicted molar refractivity (Wildman–Crippen MR) is 107 cm³/mol. The Morgan fingerprint density at radius 3 is 2.44 bits per heavy atom. The van der Waals surface area contributed by atoms with Crippen LogP contribution in [0.4, 0.5) is 15.8 Å². The van der Waals surface area contributed by atoms with E-state index in [-0.39, 0.29) is 5.69 Å². The molecule has 0 fully saturated rings. The van der Waals surface area contributed by atoms with E-state index in [0.717, 1.165) is 0 Å². The summed E-state index contributed by atoms with van der Waals surface area (Å²) in [7, 11) is 0. The maximum Gasteiger partial charge on any atom is 0.267 e. The zero-order valence-electron chi connectivity index (χ0n) is 14.6. The number of nitrogens with two attached hydrogens (primary N) is 2. The quantitative estimate of drug-likeness (QED) is 0.584. The maximum atomic E-state index is 13.6. The van der Waals surface area contributed by atoms with E-state index in [1.54, 1.807) is 18.2 Å². The summed E-state index contributed by atoms with van der Waals surface area (Å²) in [6.45, 7) is 3.64. The molecule has 1 aromatic heterocycles. The van der Waals surface area contributed by atoms with Crippen molar-refractivity contribution in [2.75, 3.05) is 5.32 Å². The van der Waals surface area contributed by atoms with Crippen LogP contribution in [0.2, 0.25) is 10.0 Å². The van der Waals surface area contributed by atoms with Gasteiger partial charge in [-0.05, 0) is 49.7 Å². The molecule has 3 aromatic rings. The van der Waals surface area contributed by atoms with Crippen LogP contribution in [0.15, 0.2) is 36.4 Å². The molecule has 0 aliphatic rings. The summed E-state index contributed by atoms with van der Waals surface area (Å²) in [5, 5.41) is 4.56. The van der Waals surface area contributed by atoms with E-state index < -0.39 is 17.3 Å². The fourth-order valence-electron chi connectivity index (χ4n) is 2.71. The summed E-state index contributed by atoms with van der Waals surface area (Å²) in [5.74, 6) is -1.20. The first-order valence-electron chi connectivity index (χ1n) is 8.02. The lowest BCUT2D eigenvalue weighted by molar-refractivity contribution is 0.0996. The number of fused-ring (bicyclic) bond motifs is 1. The van der Waals surface area contributed by atoms with Crippen molar-refractivity contribution in [3.8, 4) is 0 Å². The monoisotopic (exact) mass is 406 g/mol. The van der Waals surface area contributed by atoms with Crippen LogP contribution in [0.1, 0.15) is 29.9 Å². The molecule has 140 valence electrons. The topological polar surface area (TPSA) is 94.0 Å². The fraction of sp³-hybridized carbons (Fsp3) is 0.158. The van der Waals surface area contributed by atoms with E-state index in [1.807, 2.05) is 13.8 Å². The highest BCUT2D eigenvalue weighted by molar-refractivity contribution is 6.37. The molecular weight excluding hydrogens is 390 g/mol. The number of nitrogens with one attached hydrogen (secondary N) is 1. The van der Waals surface area contributed by atoms with Gasteiger partial charge in [0, 0.05) is 22.0 Å². The lowest BCUT2D eigenvalue weighted by atomic mass is 9.95. The van der Waals surface area contributed by atoms with E-state index in [4.69, 9.17) is 34.7 Å². The van der Waals surface area contributed by atoms with Crippen molar-refractivity contribution in [1.29, 1.82) is 0 Å². The number of pyridine rings is 1. The number of carbonyl (C=O) groups is 1. The third-order valence-electron chi connectivity index (χ3n) is 4.04. The highest BCUT2D eigenvalue weighted by Crippen LogP contribution is 2.37. The number of primary amides is 1. The van der Waals surface area contributed by atoms with Crippen LogP contribution in [-0.4, -0.2) is 10.9 Å². The smallest absolute Gasteiger partial charge is 0.267 e. The molecule has 1 heterocycles. The first-order valence-corrected chi connectivity index (χ1v) is 8.77. The predicted octanol–water partition coefficient (Wildman–Crippen LogP) is 4.72. The average molecular weight is 407 g/mol. The number of nitrogens with zero attached hydrogens (tertiary/aromatic N) is 1. The minimum Gasteiger partial charge on any atom is -0.364 e. The van der Waals surface area contributed by atoms with Gasteiger partial charge in [0.15, 0.2) is 0 Å². The Balaban J connectivity index is 2.18. The number of rotatable bonds is 4. The molecule has 5 nitrogen and oxygen atoms in total. The van der Waals surface area contributed by atoms with E-state index in [9.17, 15) is 9.18 Å². The van der Waals surface area contributed by atoms with Gasteiger partial charge in [-0.2, -0.15) is 0 Å². The molecule has 8 heteroatoms. The van der Waals surface area contributed by atoms with Crippen molar-refractivity contribution >= 4 is 51.4 Å². The molecule has 5 N–H and O–H groups in total. The molecule has 0 spiro atoms. The Hall–Kier alpha value is -2.41. The van der Waals surface area contributed by atoms with Gasteiger partial charge in [-0.15, -0.1) is 0 Å². The minimum absolute atomic E-state index is 0.0000594. The second kappa shape index (κ2) is 6.96. The van der Waals surface area contributed by atoms with Crippen molar-refractivity contribution in [1.82, 2.24) is 4.98 Å². The second-order valence-electron chi connectivity index (χ2n) is 6.74. The third-order valence-corrected chi connectivity index (χ3v) is 4.67. The van der Waals surface area contributed by atoms with Crippen molar-refractivity contribution in [2.45, 2.75) is 19.4 Å². The molecule has 27 heavy (non-hydrogen) atoms. The second-order valence-corrected chi connectivity index (χ2v) is 7.55. The van der Waals surface area contributed by atoms with Crippen molar-refractivity contribution in [3.63, 3.8) is 0 Å². The molecule has 0 saturated carbocycles. The Labute approximate surface area is 165 Å². The SMILES string of the molecule is CC(C)(N)c1cc(Nc2cc(C(N)=O)nc3cc(F)ccc23)c(Cl)cc1Cl. The third kappa shape index (κ3) is 3.98. The zero-order chi connectivity index (χ0) is 19.9. The van der Waals surface area contributed by atoms with Gasteiger partial charge in [0.1, 0.15) is 11.5 Å². The summed E-state index contributed by atoms with van der Waals surface area (Å²) in [4.78, 5) is 15.7. The van der Waals surface area contributed by atoms with Gasteiger partial charge in [0.25, 0.3) is 5.91 Å². The highest BCUT2D eigenvalue weighted by Gasteiger charge is 2.20. The standard InChI is InChI=1S/C19H17Cl2FN4O/c1-19(2,24)11-6-16(13(21)7-12(11)20)25-15-8-17(18(23)27)26-14-5-9(22)3-4-10(14)15/h3-8H,24H2,1-2H3,(H2,23,27)(H,25,26). The molecule has 2 aromatic carbocycles. The van der Waals surface area contributed by atoms with Crippen LogP contribution >= 0.6 is 23.2 Å². The molecule has 0 atom stereocenters. The summed E-state index contributed by atoms with van der Waals surface area (Å²) in [6, 6.07) is 8.91. The van der Waals surface area contributed by atoms with Gasteiger partial charge >= 0.3 is 0 Å². The fourth-order valence-corrected chi connectivity index (χ4v) is 3.39. The number of carbonyl (C=O) groups excluding carboxylic acids is 1. The van der Waals surface area contributed by atoms with E-state index in [2.05, 4.69) is 10.3 Å². The van der Waals surface area contributed by atoms with Gasteiger partial charge < -0.3 is 16.8 Å². The van der Waals surface area contributed by atoms with Crippen LogP contribution in [0.3, 0.4) is 0 Å². The number of amides is 1. The molecule has 0 aliphatic carbocycles. The van der Waals surface area contributed by atoms with Gasteiger partial charge in [-0.25, -0.2) is 9.37 Å². The molecule has 0 unspecified atom stereocenters. The van der Waals surface area contributed by atoms with Crippen molar-refractivity contribution in [2.24, 2.45) is 11.5 Å². The number of benzene rings is 2. The summed E-state index contributed by atoms with van der Waals surface area (Å²) in [6.07, 6.45) is 0. The summed E-state index contributed by atoms with van der Waals surface area (Å²) in [5.41, 5.74) is 12.8. The first-order chi connectivity index (χ1) is 12.6. The Bertz CT molecular complexity index is 1060. The molecule has 0 bridgehead atoms. The van der Waals surface area contributed by atoms with Gasteiger partial charge in [-0.1, -0.05) is 23.2 Å². The number of halogens is 3. The highest BCUT2D eigenvalue weighted by atomic mass is 35.5. The van der Waals surface area contributed by atoms with Gasteiger partial charge in [0.05, 0.1) is 21.9 Å². The molecule has 0 aliphatic heterocycles. The Morgan fingerprint density at radius 1 is 1.11 bits per heavy atom. The zero-order valence-corrected chi connectivity index (χ0v) is 16.1. The number of hydrogen-bond donors (Lipinski definition) is 3. The van der Waals surface area contributed by atoms with Crippen LogP contribution < -0.4 is 16.8 Å².